The van der Waals surface area contributed by atoms with Crippen LogP contribution in [0.25, 0.3) is 6.08 Å². The molecule has 5 heteroatoms. The maximum atomic E-state index is 12.6. The van der Waals surface area contributed by atoms with Crippen molar-refractivity contribution >= 4 is 12.0 Å². The lowest BCUT2D eigenvalue weighted by Crippen LogP contribution is -2.28. The van der Waals surface area contributed by atoms with E-state index in [1.807, 2.05) is 35.2 Å². The number of alkyl halides is 2. The number of halogens is 2. The van der Waals surface area contributed by atoms with E-state index in [4.69, 9.17) is 0 Å². The lowest BCUT2D eigenvalue weighted by Gasteiger charge is -2.23. The topological polar surface area (TPSA) is 29.5 Å². The first-order valence-corrected chi connectivity index (χ1v) is 8.22. The molecule has 0 aromatic heterocycles. The van der Waals surface area contributed by atoms with Crippen molar-refractivity contribution < 1.29 is 18.3 Å². The van der Waals surface area contributed by atoms with Gasteiger partial charge in [0.05, 0.1) is 6.04 Å². The van der Waals surface area contributed by atoms with Crippen LogP contribution in [0.4, 0.5) is 8.78 Å². The van der Waals surface area contributed by atoms with Gasteiger partial charge in [-0.15, -0.1) is 0 Å². The third-order valence-corrected chi connectivity index (χ3v) is 4.26. The van der Waals surface area contributed by atoms with Gasteiger partial charge in [0.1, 0.15) is 5.75 Å². The molecule has 1 aliphatic rings. The predicted molar refractivity (Wildman–Crippen MR) is 92.2 cm³/mol. The first-order valence-electron chi connectivity index (χ1n) is 8.22. The summed E-state index contributed by atoms with van der Waals surface area (Å²) >= 11 is 0. The summed E-state index contributed by atoms with van der Waals surface area (Å²) in [4.78, 5) is 14.4. The van der Waals surface area contributed by atoms with Crippen molar-refractivity contribution in [1.29, 1.82) is 0 Å². The molecule has 3 nitrogen and oxygen atoms in total. The van der Waals surface area contributed by atoms with Gasteiger partial charge < -0.3 is 9.64 Å². The van der Waals surface area contributed by atoms with Gasteiger partial charge in [-0.25, -0.2) is 0 Å². The molecule has 1 fully saturated rings. The Labute approximate surface area is 145 Å². The SMILES string of the molecule is O=C(/C=C/c1ccccc1OC(F)F)N1CCC[C@H]1c1ccccc1. The number of carbonyl (C=O) groups excluding carboxylic acids is 1. The highest BCUT2D eigenvalue weighted by atomic mass is 19.3. The normalized spacial score (nSPS) is 17.4. The molecule has 0 radical (unpaired) electrons. The zero-order valence-corrected chi connectivity index (χ0v) is 13.6. The van der Waals surface area contributed by atoms with Crippen molar-refractivity contribution in [3.05, 3.63) is 71.8 Å². The number of hydrogen-bond donors (Lipinski definition) is 0. The van der Waals surface area contributed by atoms with E-state index in [1.165, 1.54) is 18.2 Å². The van der Waals surface area contributed by atoms with E-state index in [2.05, 4.69) is 4.74 Å². The zero-order valence-electron chi connectivity index (χ0n) is 13.6. The highest BCUT2D eigenvalue weighted by Crippen LogP contribution is 2.32. The molecule has 0 unspecified atom stereocenters. The number of benzene rings is 2. The minimum Gasteiger partial charge on any atom is -0.434 e. The van der Waals surface area contributed by atoms with Crippen LogP contribution < -0.4 is 4.74 Å². The molecule has 0 N–H and O–H groups in total. The summed E-state index contributed by atoms with van der Waals surface area (Å²) in [5.74, 6) is -0.0687. The molecular formula is C20H19F2NO2. The van der Waals surface area contributed by atoms with Crippen LogP contribution in [0.5, 0.6) is 5.75 Å². The van der Waals surface area contributed by atoms with Gasteiger partial charge in [0, 0.05) is 18.2 Å². The smallest absolute Gasteiger partial charge is 0.387 e. The maximum absolute atomic E-state index is 12.6. The van der Waals surface area contributed by atoms with Crippen molar-refractivity contribution in [2.75, 3.05) is 6.54 Å². The molecular weight excluding hydrogens is 324 g/mol. The highest BCUT2D eigenvalue weighted by Gasteiger charge is 2.28. The van der Waals surface area contributed by atoms with E-state index in [0.717, 1.165) is 18.4 Å². The van der Waals surface area contributed by atoms with E-state index in [0.29, 0.717) is 12.1 Å². The Balaban J connectivity index is 1.75. The van der Waals surface area contributed by atoms with E-state index >= 15 is 0 Å². The first-order chi connectivity index (χ1) is 12.1. The van der Waals surface area contributed by atoms with Crippen LogP contribution in [0.3, 0.4) is 0 Å². The standard InChI is InChI=1S/C20H19F2NO2/c21-20(22)25-18-11-5-4-9-16(18)12-13-19(24)23-14-6-10-17(23)15-7-2-1-3-8-15/h1-5,7-9,11-13,17,20H,6,10,14H2/b13-12+/t17-/m0/s1. The van der Waals surface area contributed by atoms with Crippen LogP contribution in [0, 0.1) is 0 Å². The molecule has 0 saturated carbocycles. The number of ether oxygens (including phenoxy) is 1. The predicted octanol–water partition coefficient (Wildman–Crippen LogP) is 4.66. The van der Waals surface area contributed by atoms with Crippen LogP contribution in [-0.4, -0.2) is 24.0 Å². The Morgan fingerprint density at radius 2 is 1.84 bits per heavy atom. The fourth-order valence-corrected chi connectivity index (χ4v) is 3.13. The fraction of sp³-hybridized carbons (Fsp3) is 0.250. The molecule has 1 saturated heterocycles. The van der Waals surface area contributed by atoms with Crippen LogP contribution >= 0.6 is 0 Å². The largest absolute Gasteiger partial charge is 0.434 e. The third kappa shape index (κ3) is 4.24. The molecule has 2 aromatic rings. The van der Waals surface area contributed by atoms with Crippen molar-refractivity contribution in [3.8, 4) is 5.75 Å². The molecule has 130 valence electrons. The maximum Gasteiger partial charge on any atom is 0.387 e. The number of amides is 1. The molecule has 0 aliphatic carbocycles. The molecule has 25 heavy (non-hydrogen) atoms. The number of para-hydroxylation sites is 1. The fourth-order valence-electron chi connectivity index (χ4n) is 3.13. The van der Waals surface area contributed by atoms with Gasteiger partial charge in [-0.2, -0.15) is 8.78 Å². The Morgan fingerprint density at radius 1 is 1.12 bits per heavy atom. The van der Waals surface area contributed by atoms with E-state index < -0.39 is 6.61 Å². The second-order valence-electron chi connectivity index (χ2n) is 5.85. The second-order valence-corrected chi connectivity index (χ2v) is 5.85. The first kappa shape index (κ1) is 17.1. The Kier molecular flexibility index (Phi) is 5.43. The number of nitrogens with zero attached hydrogens (tertiary/aromatic N) is 1. The van der Waals surface area contributed by atoms with Gasteiger partial charge in [0.15, 0.2) is 0 Å². The van der Waals surface area contributed by atoms with Crippen LogP contribution in [0.2, 0.25) is 0 Å². The molecule has 0 spiro atoms. The van der Waals surface area contributed by atoms with Gasteiger partial charge in [-0.3, -0.25) is 4.79 Å². The summed E-state index contributed by atoms with van der Waals surface area (Å²) in [6.07, 6.45) is 4.83. The Bertz CT molecular complexity index is 746. The van der Waals surface area contributed by atoms with Gasteiger partial charge in [-0.05, 0) is 30.5 Å². The number of likely N-dealkylation sites (tertiary alicyclic amines) is 1. The molecule has 2 aromatic carbocycles. The number of hydrogen-bond acceptors (Lipinski definition) is 2. The molecule has 1 atom stereocenters. The quantitative estimate of drug-likeness (QED) is 0.739. The van der Waals surface area contributed by atoms with Crippen molar-refractivity contribution in [3.63, 3.8) is 0 Å². The summed E-state index contributed by atoms with van der Waals surface area (Å²) in [6, 6.07) is 16.4. The van der Waals surface area contributed by atoms with E-state index in [-0.39, 0.29) is 17.7 Å². The van der Waals surface area contributed by atoms with E-state index in [1.54, 1.807) is 18.2 Å². The molecule has 1 heterocycles. The lowest BCUT2D eigenvalue weighted by atomic mass is 10.0. The number of carbonyl (C=O) groups is 1. The van der Waals surface area contributed by atoms with Crippen molar-refractivity contribution in [2.24, 2.45) is 0 Å². The Hall–Kier alpha value is -2.69. The third-order valence-electron chi connectivity index (χ3n) is 4.26. The van der Waals surface area contributed by atoms with Crippen LogP contribution in [0.1, 0.15) is 30.0 Å². The molecule has 0 bridgehead atoms. The van der Waals surface area contributed by atoms with Crippen LogP contribution in [-0.2, 0) is 4.79 Å². The minimum absolute atomic E-state index is 0.0579. The summed E-state index contributed by atoms with van der Waals surface area (Å²) in [5.41, 5.74) is 1.56. The molecule has 1 aliphatic heterocycles. The second kappa shape index (κ2) is 7.92. The molecule has 3 rings (SSSR count). The van der Waals surface area contributed by atoms with Gasteiger partial charge in [0.25, 0.3) is 0 Å². The van der Waals surface area contributed by atoms with Gasteiger partial charge in [-0.1, -0.05) is 48.5 Å². The number of rotatable bonds is 5. The average Bonchev–Trinajstić information content (AvgIpc) is 3.11. The average molecular weight is 343 g/mol. The minimum atomic E-state index is -2.90. The summed E-state index contributed by atoms with van der Waals surface area (Å²) < 4.78 is 29.4. The Morgan fingerprint density at radius 3 is 2.60 bits per heavy atom. The van der Waals surface area contributed by atoms with E-state index in [9.17, 15) is 13.6 Å². The zero-order chi connectivity index (χ0) is 17.6. The monoisotopic (exact) mass is 343 g/mol. The highest BCUT2D eigenvalue weighted by molar-refractivity contribution is 5.92. The summed E-state index contributed by atoms with van der Waals surface area (Å²) in [7, 11) is 0. The van der Waals surface area contributed by atoms with Crippen LogP contribution in [0.15, 0.2) is 60.7 Å². The lowest BCUT2D eigenvalue weighted by molar-refractivity contribution is -0.126. The molecule has 1 amide bonds. The summed E-state index contributed by atoms with van der Waals surface area (Å²) in [5, 5.41) is 0. The summed E-state index contributed by atoms with van der Waals surface area (Å²) in [6.45, 7) is -2.20. The van der Waals surface area contributed by atoms with Gasteiger partial charge in [0.2, 0.25) is 5.91 Å². The van der Waals surface area contributed by atoms with Crippen molar-refractivity contribution in [2.45, 2.75) is 25.5 Å². The van der Waals surface area contributed by atoms with Crippen molar-refractivity contribution in [1.82, 2.24) is 4.90 Å². The van der Waals surface area contributed by atoms with Gasteiger partial charge >= 0.3 is 6.61 Å².